The summed E-state index contributed by atoms with van der Waals surface area (Å²) in [6.45, 7) is 5.97. The molecule has 2 aromatic heterocycles. The number of carboxylic acid groups (broad SMARTS) is 1. The van der Waals surface area contributed by atoms with E-state index in [-0.39, 0.29) is 10.9 Å². The topological polar surface area (TPSA) is 91.6 Å². The average molecular weight is 494 g/mol. The van der Waals surface area contributed by atoms with Crippen molar-refractivity contribution in [3.8, 4) is 11.3 Å². The van der Waals surface area contributed by atoms with Crippen LogP contribution in [0.3, 0.4) is 0 Å². The van der Waals surface area contributed by atoms with E-state index >= 15 is 4.39 Å². The van der Waals surface area contributed by atoms with Crippen molar-refractivity contribution < 1.29 is 14.3 Å². The second kappa shape index (κ2) is 9.55. The predicted octanol–water partition coefficient (Wildman–Crippen LogP) is 3.70. The summed E-state index contributed by atoms with van der Waals surface area (Å²) in [6, 6.07) is 11.1. The zero-order valence-corrected chi connectivity index (χ0v) is 20.0. The minimum absolute atomic E-state index is 0.0866. The van der Waals surface area contributed by atoms with E-state index in [0.29, 0.717) is 30.8 Å². The fraction of sp³-hybridized carbons (Fsp3) is 0.280. The molecular weight excluding hydrogens is 469 g/mol. The van der Waals surface area contributed by atoms with Gasteiger partial charge in [-0.3, -0.25) is 9.69 Å². The first-order chi connectivity index (χ1) is 16.9. The number of rotatable bonds is 6. The second-order valence-corrected chi connectivity index (χ2v) is 9.14. The first kappa shape index (κ1) is 23.1. The van der Waals surface area contributed by atoms with Gasteiger partial charge in [0.25, 0.3) is 0 Å². The van der Waals surface area contributed by atoms with Crippen molar-refractivity contribution in [2.75, 3.05) is 31.1 Å². The number of halogens is 1. The molecule has 1 aliphatic heterocycles. The van der Waals surface area contributed by atoms with E-state index in [4.69, 9.17) is 0 Å². The van der Waals surface area contributed by atoms with Crippen LogP contribution in [-0.2, 0) is 13.1 Å². The summed E-state index contributed by atoms with van der Waals surface area (Å²) in [7, 11) is 0. The third-order valence-corrected chi connectivity index (χ3v) is 6.95. The molecule has 8 nitrogen and oxygen atoms in total. The van der Waals surface area contributed by atoms with E-state index in [2.05, 4.69) is 38.8 Å². The van der Waals surface area contributed by atoms with Crippen LogP contribution < -0.4 is 10.3 Å². The third kappa shape index (κ3) is 4.54. The molecule has 10 heteroatoms. The van der Waals surface area contributed by atoms with Crippen LogP contribution >= 0.6 is 11.5 Å². The van der Waals surface area contributed by atoms with Gasteiger partial charge in [-0.2, -0.15) is 0 Å². The molecule has 0 bridgehead atoms. The summed E-state index contributed by atoms with van der Waals surface area (Å²) in [6.07, 6.45) is 1.34. The number of hydrogen-bond acceptors (Lipinski definition) is 7. The molecule has 1 N–H and O–H groups in total. The third-order valence-electron chi connectivity index (χ3n) is 6.45. The van der Waals surface area contributed by atoms with Crippen LogP contribution in [0.4, 0.5) is 10.1 Å². The van der Waals surface area contributed by atoms with E-state index in [1.165, 1.54) is 29.4 Å². The largest absolute Gasteiger partial charge is 0.477 e. The molecule has 0 radical (unpaired) electrons. The Hall–Kier alpha value is -3.63. The molecule has 2 aromatic carbocycles. The molecule has 180 valence electrons. The number of aromatic carboxylic acids is 1. The van der Waals surface area contributed by atoms with Crippen LogP contribution in [-0.4, -0.2) is 56.3 Å². The lowest BCUT2D eigenvalue weighted by Crippen LogP contribution is -2.46. The summed E-state index contributed by atoms with van der Waals surface area (Å²) in [5, 5.41) is 15.4. The summed E-state index contributed by atoms with van der Waals surface area (Å²) in [4.78, 5) is 28.3. The van der Waals surface area contributed by atoms with Gasteiger partial charge in [0.15, 0.2) is 0 Å². The van der Waals surface area contributed by atoms with Gasteiger partial charge in [-0.15, -0.1) is 5.10 Å². The number of nitrogens with zero attached hydrogens (tertiary/aromatic N) is 5. The maximum absolute atomic E-state index is 15.1. The highest BCUT2D eigenvalue weighted by Crippen LogP contribution is 2.27. The molecule has 0 spiro atoms. The van der Waals surface area contributed by atoms with Gasteiger partial charge in [-0.05, 0) is 36.2 Å². The molecule has 1 fully saturated rings. The number of aryl methyl sites for hydroxylation is 1. The highest BCUT2D eigenvalue weighted by Gasteiger charge is 2.22. The Morgan fingerprint density at radius 2 is 1.89 bits per heavy atom. The van der Waals surface area contributed by atoms with E-state index in [0.717, 1.165) is 30.9 Å². The van der Waals surface area contributed by atoms with Gasteiger partial charge in [0.05, 0.1) is 11.2 Å². The van der Waals surface area contributed by atoms with Crippen molar-refractivity contribution in [1.82, 2.24) is 19.1 Å². The van der Waals surface area contributed by atoms with Crippen LogP contribution in [0.25, 0.3) is 22.2 Å². The maximum atomic E-state index is 15.1. The van der Waals surface area contributed by atoms with Crippen LogP contribution in [0.5, 0.6) is 0 Å². The smallest absolute Gasteiger partial charge is 0.341 e. The van der Waals surface area contributed by atoms with Crippen LogP contribution in [0, 0.1) is 5.82 Å². The van der Waals surface area contributed by atoms with Crippen LogP contribution in [0.15, 0.2) is 52.8 Å². The molecule has 3 heterocycles. The molecule has 4 aromatic rings. The zero-order valence-electron chi connectivity index (χ0n) is 19.1. The number of piperazine rings is 1. The van der Waals surface area contributed by atoms with Gasteiger partial charge in [0.1, 0.15) is 17.1 Å². The van der Waals surface area contributed by atoms with Crippen LogP contribution in [0.1, 0.15) is 22.8 Å². The fourth-order valence-electron chi connectivity index (χ4n) is 4.53. The van der Waals surface area contributed by atoms with Gasteiger partial charge in [-0.1, -0.05) is 28.8 Å². The average Bonchev–Trinajstić information content (AvgIpc) is 3.40. The number of pyridine rings is 1. The maximum Gasteiger partial charge on any atom is 0.341 e. The molecule has 1 saturated heterocycles. The monoisotopic (exact) mass is 493 g/mol. The van der Waals surface area contributed by atoms with E-state index < -0.39 is 17.2 Å². The summed E-state index contributed by atoms with van der Waals surface area (Å²) < 4.78 is 20.7. The van der Waals surface area contributed by atoms with E-state index in [9.17, 15) is 14.7 Å². The van der Waals surface area contributed by atoms with Gasteiger partial charge >= 0.3 is 5.97 Å². The summed E-state index contributed by atoms with van der Waals surface area (Å²) in [5.74, 6) is -1.82. The van der Waals surface area contributed by atoms with Crippen molar-refractivity contribution >= 4 is 34.1 Å². The Morgan fingerprint density at radius 3 is 2.51 bits per heavy atom. The summed E-state index contributed by atoms with van der Waals surface area (Å²) in [5.41, 5.74) is 3.07. The Labute approximate surface area is 205 Å². The van der Waals surface area contributed by atoms with Gasteiger partial charge in [0, 0.05) is 61.8 Å². The van der Waals surface area contributed by atoms with Crippen molar-refractivity contribution in [2.24, 2.45) is 0 Å². The van der Waals surface area contributed by atoms with Crippen molar-refractivity contribution in [3.05, 3.63) is 75.1 Å². The Morgan fingerprint density at radius 1 is 1.14 bits per heavy atom. The summed E-state index contributed by atoms with van der Waals surface area (Å²) >= 11 is 1.33. The van der Waals surface area contributed by atoms with Gasteiger partial charge in [-0.25, -0.2) is 9.18 Å². The SMILES string of the molecule is CCn1cc(C(=O)O)c(=O)c2cc(F)c(N3CCN(Cc4ccc(-c5csnn5)cc4)CC3)cc21. The molecule has 5 rings (SSSR count). The van der Waals surface area contributed by atoms with E-state index in [1.54, 1.807) is 10.6 Å². The highest BCUT2D eigenvalue weighted by atomic mass is 32.1. The van der Waals surface area contributed by atoms with Gasteiger partial charge in [0.2, 0.25) is 5.43 Å². The molecule has 0 unspecified atom stereocenters. The van der Waals surface area contributed by atoms with Crippen molar-refractivity contribution in [3.63, 3.8) is 0 Å². The number of carbonyl (C=O) groups is 1. The standard InChI is InChI=1S/C25H24FN5O3S/c1-2-30-14-19(25(33)34)24(32)18-11-20(26)23(12-22(18)30)31-9-7-29(8-10-31)13-16-3-5-17(6-4-16)21-15-35-28-27-21/h3-6,11-12,14-15H,2,7-10,13H2,1H3,(H,33,34). The Bertz CT molecular complexity index is 1430. The van der Waals surface area contributed by atoms with Gasteiger partial charge < -0.3 is 14.6 Å². The second-order valence-electron chi connectivity index (χ2n) is 8.53. The minimum Gasteiger partial charge on any atom is -0.477 e. The lowest BCUT2D eigenvalue weighted by atomic mass is 10.1. The lowest BCUT2D eigenvalue weighted by Gasteiger charge is -2.36. The Kier molecular flexibility index (Phi) is 6.31. The number of aromatic nitrogens is 3. The molecule has 1 aliphatic rings. The molecule has 0 aliphatic carbocycles. The lowest BCUT2D eigenvalue weighted by molar-refractivity contribution is 0.0695. The number of anilines is 1. The van der Waals surface area contributed by atoms with E-state index in [1.807, 2.05) is 17.2 Å². The van der Waals surface area contributed by atoms with Crippen molar-refractivity contribution in [2.45, 2.75) is 20.0 Å². The number of benzene rings is 2. The number of hydrogen-bond donors (Lipinski definition) is 1. The number of fused-ring (bicyclic) bond motifs is 1. The molecule has 0 saturated carbocycles. The predicted molar refractivity (Wildman–Crippen MR) is 134 cm³/mol. The molecular formula is C25H24FN5O3S. The normalized spacial score (nSPS) is 14.5. The highest BCUT2D eigenvalue weighted by molar-refractivity contribution is 7.03. The first-order valence-corrected chi connectivity index (χ1v) is 12.2. The fourth-order valence-corrected chi connectivity index (χ4v) is 5.00. The number of carboxylic acids is 1. The van der Waals surface area contributed by atoms with Crippen LogP contribution in [0.2, 0.25) is 0 Å². The van der Waals surface area contributed by atoms with Crippen molar-refractivity contribution in [1.29, 1.82) is 0 Å². The quantitative estimate of drug-likeness (QED) is 0.438. The molecule has 0 amide bonds. The first-order valence-electron chi connectivity index (χ1n) is 11.4. The molecule has 0 atom stereocenters. The minimum atomic E-state index is -1.31. The zero-order chi connectivity index (χ0) is 24.5. The Balaban J connectivity index is 1.31. The molecule has 35 heavy (non-hydrogen) atoms.